The van der Waals surface area contributed by atoms with E-state index in [9.17, 15) is 4.79 Å². The number of carbonyl (C=O) groups excluding carboxylic acids is 1. The summed E-state index contributed by atoms with van der Waals surface area (Å²) in [5.74, 6) is 1.00. The normalized spacial score (nSPS) is 14.4. The number of esters is 1. The van der Waals surface area contributed by atoms with E-state index in [1.54, 1.807) is 6.92 Å². The molecule has 110 valence electrons. The molecule has 0 amide bonds. The van der Waals surface area contributed by atoms with Gasteiger partial charge in [0.05, 0.1) is 11.1 Å². The van der Waals surface area contributed by atoms with Crippen LogP contribution in [0.25, 0.3) is 0 Å². The van der Waals surface area contributed by atoms with Crippen molar-refractivity contribution in [2.75, 3.05) is 13.4 Å². The number of hydrogen-bond donors (Lipinski definition) is 1. The van der Waals surface area contributed by atoms with Crippen molar-refractivity contribution in [3.63, 3.8) is 0 Å². The van der Waals surface area contributed by atoms with E-state index in [0.717, 1.165) is 10.0 Å². The summed E-state index contributed by atoms with van der Waals surface area (Å²) in [5, 5.41) is 3.21. The molecule has 0 spiro atoms. The summed E-state index contributed by atoms with van der Waals surface area (Å²) >= 11 is 3.44. The number of hydrogen-bond acceptors (Lipinski definition) is 5. The molecule has 0 saturated carbocycles. The standard InChI is InChI=1S/C14H18BrNO4/c1-4-18-14(17)12(16-8(2)3)9-5-10(15)13-11(6-9)19-7-20-13/h5-6,8,12,16H,4,7H2,1-3H3. The minimum absolute atomic E-state index is 0.147. The van der Waals surface area contributed by atoms with Gasteiger partial charge in [0.25, 0.3) is 0 Å². The van der Waals surface area contributed by atoms with Crippen LogP contribution in [0, 0.1) is 0 Å². The minimum atomic E-state index is -0.527. The van der Waals surface area contributed by atoms with Gasteiger partial charge in [-0.15, -0.1) is 0 Å². The molecule has 0 bridgehead atoms. The van der Waals surface area contributed by atoms with Gasteiger partial charge in [-0.05, 0) is 54.4 Å². The van der Waals surface area contributed by atoms with Crippen molar-refractivity contribution in [2.24, 2.45) is 0 Å². The first-order chi connectivity index (χ1) is 9.52. The van der Waals surface area contributed by atoms with Gasteiger partial charge in [-0.1, -0.05) is 0 Å². The average Bonchev–Trinajstić information content (AvgIpc) is 2.84. The number of halogens is 1. The Hall–Kier alpha value is -1.27. The van der Waals surface area contributed by atoms with E-state index in [4.69, 9.17) is 14.2 Å². The van der Waals surface area contributed by atoms with Crippen LogP contribution in [0.15, 0.2) is 16.6 Å². The highest BCUT2D eigenvalue weighted by molar-refractivity contribution is 9.10. The van der Waals surface area contributed by atoms with E-state index in [1.807, 2.05) is 26.0 Å². The minimum Gasteiger partial charge on any atom is -0.465 e. The Kier molecular flexibility index (Phi) is 4.88. The average molecular weight is 344 g/mol. The Morgan fingerprint density at radius 1 is 1.45 bits per heavy atom. The van der Waals surface area contributed by atoms with E-state index in [1.165, 1.54) is 0 Å². The lowest BCUT2D eigenvalue weighted by Gasteiger charge is -2.20. The van der Waals surface area contributed by atoms with Crippen molar-refractivity contribution in [3.8, 4) is 11.5 Å². The molecule has 0 radical (unpaired) electrons. The van der Waals surface area contributed by atoms with Gasteiger partial charge >= 0.3 is 5.97 Å². The van der Waals surface area contributed by atoms with Gasteiger partial charge in [-0.3, -0.25) is 5.32 Å². The number of carbonyl (C=O) groups is 1. The van der Waals surface area contributed by atoms with Crippen molar-refractivity contribution in [1.82, 2.24) is 5.32 Å². The molecule has 1 aliphatic heterocycles. The second-order valence-corrected chi connectivity index (χ2v) is 5.60. The van der Waals surface area contributed by atoms with Gasteiger partial charge in [0, 0.05) is 6.04 Å². The quantitative estimate of drug-likeness (QED) is 0.833. The molecule has 1 unspecified atom stereocenters. The number of fused-ring (bicyclic) bond motifs is 1. The SMILES string of the molecule is CCOC(=O)C(NC(C)C)c1cc(Br)c2c(c1)OCO2. The van der Waals surface area contributed by atoms with Crippen LogP contribution in [0.1, 0.15) is 32.4 Å². The van der Waals surface area contributed by atoms with E-state index < -0.39 is 6.04 Å². The molecule has 1 heterocycles. The second kappa shape index (κ2) is 6.45. The van der Waals surface area contributed by atoms with Crippen molar-refractivity contribution in [2.45, 2.75) is 32.9 Å². The fourth-order valence-corrected chi connectivity index (χ4v) is 2.59. The summed E-state index contributed by atoms with van der Waals surface area (Å²) < 4.78 is 16.6. The zero-order valence-electron chi connectivity index (χ0n) is 11.7. The Morgan fingerprint density at radius 3 is 2.85 bits per heavy atom. The third-order valence-electron chi connectivity index (χ3n) is 2.81. The van der Waals surface area contributed by atoms with Gasteiger partial charge in [0.15, 0.2) is 11.5 Å². The van der Waals surface area contributed by atoms with Gasteiger partial charge in [-0.2, -0.15) is 0 Å². The van der Waals surface area contributed by atoms with Crippen molar-refractivity contribution in [1.29, 1.82) is 0 Å². The summed E-state index contributed by atoms with van der Waals surface area (Å²) in [6.45, 7) is 6.29. The largest absolute Gasteiger partial charge is 0.465 e. The third-order valence-corrected chi connectivity index (χ3v) is 3.39. The van der Waals surface area contributed by atoms with Gasteiger partial charge < -0.3 is 14.2 Å². The van der Waals surface area contributed by atoms with Crippen LogP contribution in [0.5, 0.6) is 11.5 Å². The molecular formula is C14H18BrNO4. The molecule has 1 N–H and O–H groups in total. The maximum absolute atomic E-state index is 12.1. The summed E-state index contributed by atoms with van der Waals surface area (Å²) in [5.41, 5.74) is 0.785. The van der Waals surface area contributed by atoms with E-state index in [-0.39, 0.29) is 18.8 Å². The fraction of sp³-hybridized carbons (Fsp3) is 0.500. The maximum Gasteiger partial charge on any atom is 0.327 e. The predicted octanol–water partition coefficient (Wildman–Crippen LogP) is 2.78. The van der Waals surface area contributed by atoms with Crippen molar-refractivity contribution in [3.05, 3.63) is 22.2 Å². The van der Waals surface area contributed by atoms with Crippen LogP contribution >= 0.6 is 15.9 Å². The lowest BCUT2D eigenvalue weighted by molar-refractivity contribution is -0.146. The van der Waals surface area contributed by atoms with E-state index >= 15 is 0 Å². The van der Waals surface area contributed by atoms with Crippen LogP contribution in [0.3, 0.4) is 0 Å². The van der Waals surface area contributed by atoms with Crippen LogP contribution in [-0.2, 0) is 9.53 Å². The molecule has 1 aromatic rings. The zero-order valence-corrected chi connectivity index (χ0v) is 13.3. The van der Waals surface area contributed by atoms with E-state index in [2.05, 4.69) is 21.2 Å². The smallest absolute Gasteiger partial charge is 0.327 e. The fourth-order valence-electron chi connectivity index (χ4n) is 2.01. The summed E-state index contributed by atoms with van der Waals surface area (Å²) in [6.07, 6.45) is 0. The molecule has 0 aromatic heterocycles. The molecular weight excluding hydrogens is 326 g/mol. The van der Waals surface area contributed by atoms with Crippen LogP contribution < -0.4 is 14.8 Å². The van der Waals surface area contributed by atoms with Crippen LogP contribution in [0.2, 0.25) is 0 Å². The number of nitrogens with one attached hydrogen (secondary N) is 1. The topological polar surface area (TPSA) is 56.8 Å². The molecule has 1 aromatic carbocycles. The molecule has 20 heavy (non-hydrogen) atoms. The van der Waals surface area contributed by atoms with Crippen molar-refractivity contribution >= 4 is 21.9 Å². The highest BCUT2D eigenvalue weighted by Crippen LogP contribution is 2.41. The first-order valence-corrected chi connectivity index (χ1v) is 7.34. The lowest BCUT2D eigenvalue weighted by Crippen LogP contribution is -2.34. The first kappa shape index (κ1) is 15.1. The molecule has 1 aliphatic rings. The zero-order chi connectivity index (χ0) is 14.7. The third kappa shape index (κ3) is 3.24. The van der Waals surface area contributed by atoms with E-state index in [0.29, 0.717) is 18.1 Å². The van der Waals surface area contributed by atoms with Crippen molar-refractivity contribution < 1.29 is 19.0 Å². The number of rotatable bonds is 5. The lowest BCUT2D eigenvalue weighted by atomic mass is 10.1. The first-order valence-electron chi connectivity index (χ1n) is 6.54. The number of benzene rings is 1. The molecule has 0 aliphatic carbocycles. The predicted molar refractivity (Wildman–Crippen MR) is 77.9 cm³/mol. The second-order valence-electron chi connectivity index (χ2n) is 4.74. The molecule has 5 nitrogen and oxygen atoms in total. The van der Waals surface area contributed by atoms with Crippen LogP contribution in [0.4, 0.5) is 0 Å². The van der Waals surface area contributed by atoms with Gasteiger partial charge in [0.1, 0.15) is 6.04 Å². The summed E-state index contributed by atoms with van der Waals surface area (Å²) in [6, 6.07) is 3.28. The highest BCUT2D eigenvalue weighted by Gasteiger charge is 2.27. The Labute approximate surface area is 126 Å². The molecule has 6 heteroatoms. The molecule has 1 atom stereocenters. The van der Waals surface area contributed by atoms with Gasteiger partial charge in [0.2, 0.25) is 6.79 Å². The highest BCUT2D eigenvalue weighted by atomic mass is 79.9. The molecule has 2 rings (SSSR count). The Balaban J connectivity index is 2.33. The Bertz CT molecular complexity index is 504. The maximum atomic E-state index is 12.1. The molecule has 0 saturated heterocycles. The Morgan fingerprint density at radius 2 is 2.20 bits per heavy atom. The molecule has 0 fully saturated rings. The number of ether oxygens (including phenoxy) is 3. The summed E-state index contributed by atoms with van der Waals surface area (Å²) in [7, 11) is 0. The monoisotopic (exact) mass is 343 g/mol. The van der Waals surface area contributed by atoms with Gasteiger partial charge in [-0.25, -0.2) is 4.79 Å². The summed E-state index contributed by atoms with van der Waals surface area (Å²) in [4.78, 5) is 12.1. The van der Waals surface area contributed by atoms with Crippen LogP contribution in [-0.4, -0.2) is 25.4 Å².